The van der Waals surface area contributed by atoms with Gasteiger partial charge < -0.3 is 5.11 Å². The van der Waals surface area contributed by atoms with Gasteiger partial charge in [-0.3, -0.25) is 0 Å². The van der Waals surface area contributed by atoms with Gasteiger partial charge in [0.2, 0.25) is 0 Å². The molecule has 2 aromatic rings. The summed E-state index contributed by atoms with van der Waals surface area (Å²) < 4.78 is 3.73. The van der Waals surface area contributed by atoms with Crippen LogP contribution < -0.4 is 0 Å². The number of benzene rings is 1. The SMILES string of the molecule is CCc1ccc(C(O)c2cnns2)cc1. The molecule has 0 spiro atoms. The molecular formula is C11H12N2OS. The van der Waals surface area contributed by atoms with Gasteiger partial charge in [0.05, 0.1) is 11.1 Å². The highest BCUT2D eigenvalue weighted by Crippen LogP contribution is 2.23. The Bertz CT molecular complexity index is 411. The van der Waals surface area contributed by atoms with Crippen LogP contribution in [0.1, 0.15) is 29.0 Å². The lowest BCUT2D eigenvalue weighted by Crippen LogP contribution is -1.97. The van der Waals surface area contributed by atoms with Crippen molar-refractivity contribution in [2.24, 2.45) is 0 Å². The molecular weight excluding hydrogens is 208 g/mol. The van der Waals surface area contributed by atoms with E-state index >= 15 is 0 Å². The van der Waals surface area contributed by atoms with Crippen LogP contribution in [0.2, 0.25) is 0 Å². The Balaban J connectivity index is 2.22. The van der Waals surface area contributed by atoms with Gasteiger partial charge in [-0.15, -0.1) is 5.10 Å². The van der Waals surface area contributed by atoms with Crippen LogP contribution in [0.5, 0.6) is 0 Å². The highest BCUT2D eigenvalue weighted by Gasteiger charge is 2.12. The van der Waals surface area contributed by atoms with Crippen molar-refractivity contribution in [2.45, 2.75) is 19.4 Å². The summed E-state index contributed by atoms with van der Waals surface area (Å²) in [5.74, 6) is 0. The molecule has 0 amide bonds. The van der Waals surface area contributed by atoms with Crippen LogP contribution in [-0.2, 0) is 6.42 Å². The van der Waals surface area contributed by atoms with Gasteiger partial charge in [-0.1, -0.05) is 35.7 Å². The maximum absolute atomic E-state index is 9.97. The molecule has 15 heavy (non-hydrogen) atoms. The fourth-order valence-corrected chi connectivity index (χ4v) is 1.91. The first-order chi connectivity index (χ1) is 7.31. The van der Waals surface area contributed by atoms with Gasteiger partial charge in [-0.2, -0.15) is 0 Å². The third-order valence-corrected chi connectivity index (χ3v) is 3.07. The van der Waals surface area contributed by atoms with E-state index in [4.69, 9.17) is 0 Å². The van der Waals surface area contributed by atoms with Crippen LogP contribution in [0.3, 0.4) is 0 Å². The van der Waals surface area contributed by atoms with E-state index < -0.39 is 6.10 Å². The number of rotatable bonds is 3. The second kappa shape index (κ2) is 4.51. The summed E-state index contributed by atoms with van der Waals surface area (Å²) in [6.45, 7) is 2.11. The van der Waals surface area contributed by atoms with Gasteiger partial charge in [0.15, 0.2) is 0 Å². The van der Waals surface area contributed by atoms with Crippen molar-refractivity contribution in [1.29, 1.82) is 0 Å². The predicted octanol–water partition coefficient (Wildman–Crippen LogP) is 2.18. The Kier molecular flexibility index (Phi) is 3.08. The van der Waals surface area contributed by atoms with Gasteiger partial charge in [0.1, 0.15) is 6.10 Å². The van der Waals surface area contributed by atoms with Crippen LogP contribution >= 0.6 is 11.5 Å². The normalized spacial score (nSPS) is 12.7. The summed E-state index contributed by atoms with van der Waals surface area (Å²) in [5, 5.41) is 13.7. The van der Waals surface area contributed by atoms with Crippen LogP contribution in [0.15, 0.2) is 30.5 Å². The molecule has 0 saturated heterocycles. The van der Waals surface area contributed by atoms with E-state index in [2.05, 4.69) is 16.5 Å². The number of aryl methyl sites for hydroxylation is 1. The Morgan fingerprint density at radius 2 is 2.07 bits per heavy atom. The molecule has 1 N–H and O–H groups in total. The number of nitrogens with zero attached hydrogens (tertiary/aromatic N) is 2. The molecule has 0 saturated carbocycles. The van der Waals surface area contributed by atoms with E-state index in [1.807, 2.05) is 24.3 Å². The van der Waals surface area contributed by atoms with Crippen LogP contribution in [-0.4, -0.2) is 14.7 Å². The quantitative estimate of drug-likeness (QED) is 0.862. The molecule has 0 aliphatic carbocycles. The number of hydrogen-bond acceptors (Lipinski definition) is 4. The fraction of sp³-hybridized carbons (Fsp3) is 0.273. The molecule has 1 atom stereocenters. The Hall–Kier alpha value is -1.26. The van der Waals surface area contributed by atoms with Crippen molar-refractivity contribution in [3.8, 4) is 0 Å². The minimum Gasteiger partial charge on any atom is -0.383 e. The third-order valence-electron chi connectivity index (χ3n) is 2.35. The average molecular weight is 220 g/mol. The molecule has 3 nitrogen and oxygen atoms in total. The number of aliphatic hydroxyl groups excluding tert-OH is 1. The highest BCUT2D eigenvalue weighted by molar-refractivity contribution is 7.05. The van der Waals surface area contributed by atoms with Crippen molar-refractivity contribution < 1.29 is 5.11 Å². The zero-order valence-corrected chi connectivity index (χ0v) is 9.24. The van der Waals surface area contributed by atoms with E-state index in [0.29, 0.717) is 0 Å². The maximum Gasteiger partial charge on any atom is 0.116 e. The maximum atomic E-state index is 9.97. The second-order valence-electron chi connectivity index (χ2n) is 3.32. The summed E-state index contributed by atoms with van der Waals surface area (Å²) in [4.78, 5) is 0.777. The predicted molar refractivity (Wildman–Crippen MR) is 59.8 cm³/mol. The van der Waals surface area contributed by atoms with Crippen LogP contribution in [0.25, 0.3) is 0 Å². The molecule has 1 aromatic carbocycles. The summed E-state index contributed by atoms with van der Waals surface area (Å²) in [6.07, 6.45) is 2.01. The summed E-state index contributed by atoms with van der Waals surface area (Å²) in [5.41, 5.74) is 2.16. The molecule has 2 rings (SSSR count). The lowest BCUT2D eigenvalue weighted by molar-refractivity contribution is 0.224. The highest BCUT2D eigenvalue weighted by atomic mass is 32.1. The second-order valence-corrected chi connectivity index (χ2v) is 4.13. The topological polar surface area (TPSA) is 46.0 Å². The van der Waals surface area contributed by atoms with Crippen molar-refractivity contribution in [1.82, 2.24) is 9.59 Å². The minimum atomic E-state index is -0.601. The van der Waals surface area contributed by atoms with E-state index in [1.165, 1.54) is 17.1 Å². The lowest BCUT2D eigenvalue weighted by atomic mass is 10.1. The number of aromatic nitrogens is 2. The fourth-order valence-electron chi connectivity index (χ4n) is 1.40. The standard InChI is InChI=1S/C11H12N2OS/c1-2-8-3-5-9(6-4-8)11(14)10-7-12-13-15-10/h3-7,11,14H,2H2,1H3. The van der Waals surface area contributed by atoms with Crippen LogP contribution in [0.4, 0.5) is 0 Å². The molecule has 1 aromatic heterocycles. The molecule has 4 heteroatoms. The molecule has 0 fully saturated rings. The molecule has 0 radical (unpaired) electrons. The van der Waals surface area contributed by atoms with Gasteiger partial charge in [0.25, 0.3) is 0 Å². The molecule has 1 heterocycles. The zero-order chi connectivity index (χ0) is 10.7. The van der Waals surface area contributed by atoms with E-state index in [9.17, 15) is 5.11 Å². The number of hydrogen-bond donors (Lipinski definition) is 1. The van der Waals surface area contributed by atoms with Gasteiger partial charge in [0, 0.05) is 0 Å². The monoisotopic (exact) mass is 220 g/mol. The van der Waals surface area contributed by atoms with Crippen molar-refractivity contribution in [2.75, 3.05) is 0 Å². The molecule has 78 valence electrons. The summed E-state index contributed by atoms with van der Waals surface area (Å²) in [7, 11) is 0. The Morgan fingerprint density at radius 3 is 2.60 bits per heavy atom. The van der Waals surface area contributed by atoms with Crippen molar-refractivity contribution in [3.63, 3.8) is 0 Å². The summed E-state index contributed by atoms with van der Waals surface area (Å²) in [6, 6.07) is 7.96. The Labute approximate surface area is 92.6 Å². The van der Waals surface area contributed by atoms with Crippen molar-refractivity contribution in [3.05, 3.63) is 46.5 Å². The first-order valence-electron chi connectivity index (χ1n) is 4.85. The van der Waals surface area contributed by atoms with E-state index in [-0.39, 0.29) is 0 Å². The molecule has 0 aliphatic rings. The number of aliphatic hydroxyl groups is 1. The molecule has 1 unspecified atom stereocenters. The smallest absolute Gasteiger partial charge is 0.116 e. The van der Waals surface area contributed by atoms with E-state index in [0.717, 1.165) is 16.9 Å². The first-order valence-corrected chi connectivity index (χ1v) is 5.62. The first kappa shape index (κ1) is 10.3. The van der Waals surface area contributed by atoms with Gasteiger partial charge in [-0.05, 0) is 29.1 Å². The average Bonchev–Trinajstić information content (AvgIpc) is 2.82. The zero-order valence-electron chi connectivity index (χ0n) is 8.42. The van der Waals surface area contributed by atoms with Gasteiger partial charge in [-0.25, -0.2) is 0 Å². The Morgan fingerprint density at radius 1 is 1.33 bits per heavy atom. The van der Waals surface area contributed by atoms with Crippen LogP contribution in [0, 0.1) is 0 Å². The van der Waals surface area contributed by atoms with Crippen molar-refractivity contribution >= 4 is 11.5 Å². The largest absolute Gasteiger partial charge is 0.383 e. The van der Waals surface area contributed by atoms with E-state index in [1.54, 1.807) is 6.20 Å². The van der Waals surface area contributed by atoms with Gasteiger partial charge >= 0.3 is 0 Å². The minimum absolute atomic E-state index is 0.601. The molecule has 0 bridgehead atoms. The third kappa shape index (κ3) is 2.22. The molecule has 0 aliphatic heterocycles. The lowest BCUT2D eigenvalue weighted by Gasteiger charge is -2.08. The summed E-state index contributed by atoms with van der Waals surface area (Å²) >= 11 is 1.22.